The lowest BCUT2D eigenvalue weighted by Gasteiger charge is -2.01. The average molecular weight is 190 g/mol. The van der Waals surface area contributed by atoms with Crippen LogP contribution in [0.3, 0.4) is 0 Å². The molecule has 2 rings (SSSR count). The Bertz CT molecular complexity index is 509. The van der Waals surface area contributed by atoms with Crippen molar-refractivity contribution in [2.24, 2.45) is 9.98 Å². The van der Waals surface area contributed by atoms with E-state index in [0.717, 1.165) is 0 Å². The molecule has 0 aromatic heterocycles. The quantitative estimate of drug-likeness (QED) is 0.533. The van der Waals surface area contributed by atoms with E-state index in [1.165, 1.54) is 6.07 Å². The average Bonchev–Trinajstić information content (AvgIpc) is 2.15. The van der Waals surface area contributed by atoms with Crippen molar-refractivity contribution in [1.82, 2.24) is 0 Å². The molecule has 14 heavy (non-hydrogen) atoms. The molecule has 0 aliphatic carbocycles. The smallest absolute Gasteiger partial charge is 0.338 e. The van der Waals surface area contributed by atoms with Gasteiger partial charge in [0, 0.05) is 0 Å². The standard InChI is InChI=1S/C9H6N2O3/c1-4-2-3-5(12)7-6(4)10-8(13)9(14)11-7/h2-3,12H,1H3. The van der Waals surface area contributed by atoms with Gasteiger partial charge in [0.2, 0.25) is 0 Å². The zero-order valence-electron chi connectivity index (χ0n) is 7.31. The molecule has 0 radical (unpaired) electrons. The summed E-state index contributed by atoms with van der Waals surface area (Å²) in [5.74, 6) is -1.99. The van der Waals surface area contributed by atoms with Crippen molar-refractivity contribution in [3.05, 3.63) is 28.4 Å². The summed E-state index contributed by atoms with van der Waals surface area (Å²) in [4.78, 5) is 28.8. The Kier molecular flexibility index (Phi) is 1.67. The summed E-state index contributed by atoms with van der Waals surface area (Å²) in [6.07, 6.45) is 0. The monoisotopic (exact) mass is 190 g/mol. The summed E-state index contributed by atoms with van der Waals surface area (Å²) in [7, 11) is 0. The van der Waals surface area contributed by atoms with Crippen LogP contribution in [0.1, 0.15) is 5.56 Å². The topological polar surface area (TPSA) is 79.1 Å². The van der Waals surface area contributed by atoms with E-state index in [2.05, 4.69) is 9.98 Å². The number of hydrogen-bond acceptors (Lipinski definition) is 3. The molecule has 1 N–H and O–H groups in total. The number of fused-ring (bicyclic) bond motifs is 1. The second kappa shape index (κ2) is 2.73. The minimum atomic E-state index is -0.946. The molecule has 0 saturated heterocycles. The van der Waals surface area contributed by atoms with Gasteiger partial charge in [-0.3, -0.25) is 9.59 Å². The van der Waals surface area contributed by atoms with Gasteiger partial charge in [-0.05, 0) is 18.6 Å². The second-order valence-electron chi connectivity index (χ2n) is 2.93. The van der Waals surface area contributed by atoms with E-state index < -0.39 is 11.8 Å². The van der Waals surface area contributed by atoms with Gasteiger partial charge >= 0.3 is 11.8 Å². The van der Waals surface area contributed by atoms with Gasteiger partial charge in [0.25, 0.3) is 0 Å². The van der Waals surface area contributed by atoms with Crippen molar-refractivity contribution < 1.29 is 14.7 Å². The van der Waals surface area contributed by atoms with Crippen molar-refractivity contribution in [2.75, 3.05) is 0 Å². The molecule has 5 heteroatoms. The van der Waals surface area contributed by atoms with Gasteiger partial charge < -0.3 is 5.11 Å². The Morgan fingerprint density at radius 1 is 1.07 bits per heavy atom. The summed E-state index contributed by atoms with van der Waals surface area (Å²) < 4.78 is 0. The van der Waals surface area contributed by atoms with Gasteiger partial charge in [-0.1, -0.05) is 6.07 Å². The largest absolute Gasteiger partial charge is 0.506 e. The molecule has 1 aliphatic rings. The van der Waals surface area contributed by atoms with Crippen LogP contribution in [0.2, 0.25) is 0 Å². The lowest BCUT2D eigenvalue weighted by molar-refractivity contribution is -0.135. The predicted molar refractivity (Wildman–Crippen MR) is 45.2 cm³/mol. The van der Waals surface area contributed by atoms with E-state index in [9.17, 15) is 14.7 Å². The molecular formula is C9H6N2O3. The summed E-state index contributed by atoms with van der Waals surface area (Å²) in [5, 5.41) is 9.72. The van der Waals surface area contributed by atoms with Crippen molar-refractivity contribution in [3.8, 4) is 5.75 Å². The fourth-order valence-corrected chi connectivity index (χ4v) is 1.22. The Morgan fingerprint density at radius 3 is 2.29 bits per heavy atom. The number of carbonyl (C=O) groups excluding carboxylic acids is 2. The second-order valence-corrected chi connectivity index (χ2v) is 2.93. The number of benzene rings is 1. The van der Waals surface area contributed by atoms with Crippen LogP contribution in [0.25, 0.3) is 0 Å². The van der Waals surface area contributed by atoms with E-state index in [4.69, 9.17) is 0 Å². The fourth-order valence-electron chi connectivity index (χ4n) is 1.22. The fraction of sp³-hybridized carbons (Fsp3) is 0.111. The number of phenolic OH excluding ortho intramolecular Hbond substituents is 1. The predicted octanol–water partition coefficient (Wildman–Crippen LogP) is -0.993. The minimum absolute atomic E-state index is 0.0783. The van der Waals surface area contributed by atoms with Crippen LogP contribution in [0.4, 0.5) is 0 Å². The van der Waals surface area contributed by atoms with Gasteiger partial charge in [-0.15, -0.1) is 0 Å². The van der Waals surface area contributed by atoms with Crippen LogP contribution >= 0.6 is 0 Å². The Hall–Kier alpha value is -2.04. The molecular weight excluding hydrogens is 184 g/mol. The molecule has 0 unspecified atom stereocenters. The maximum absolute atomic E-state index is 10.9. The summed E-state index contributed by atoms with van der Waals surface area (Å²) in [6, 6.07) is 3.02. The highest BCUT2D eigenvalue weighted by atomic mass is 16.3. The lowest BCUT2D eigenvalue weighted by Crippen LogP contribution is -2.36. The van der Waals surface area contributed by atoms with E-state index in [0.29, 0.717) is 5.56 Å². The van der Waals surface area contributed by atoms with Gasteiger partial charge in [-0.25, -0.2) is 4.99 Å². The maximum Gasteiger partial charge on any atom is 0.338 e. The van der Waals surface area contributed by atoms with Crippen LogP contribution in [0, 0.1) is 6.92 Å². The number of nitrogens with zero attached hydrogens (tertiary/aromatic N) is 2. The summed E-state index contributed by atoms with van der Waals surface area (Å²) >= 11 is 0. The number of hydrogen-bond donors (Lipinski definition) is 1. The number of rotatable bonds is 0. The molecule has 1 aromatic carbocycles. The molecule has 1 heterocycles. The molecule has 0 fully saturated rings. The number of amides is 2. The van der Waals surface area contributed by atoms with Crippen LogP contribution in [0.15, 0.2) is 22.1 Å². The number of carbonyl (C=O) groups is 2. The zero-order valence-corrected chi connectivity index (χ0v) is 7.31. The molecule has 0 saturated carbocycles. The summed E-state index contributed by atoms with van der Waals surface area (Å²) in [6.45, 7) is 1.72. The van der Waals surface area contributed by atoms with Crippen LogP contribution in [-0.4, -0.2) is 16.9 Å². The highest BCUT2D eigenvalue weighted by Crippen LogP contribution is 2.00. The van der Waals surface area contributed by atoms with Crippen LogP contribution < -0.4 is 10.7 Å². The molecule has 0 atom stereocenters. The highest BCUT2D eigenvalue weighted by molar-refractivity contribution is 6.36. The van der Waals surface area contributed by atoms with Crippen molar-refractivity contribution in [2.45, 2.75) is 6.92 Å². The van der Waals surface area contributed by atoms with Gasteiger partial charge in [-0.2, -0.15) is 4.99 Å². The Labute approximate surface area is 78.4 Å². The van der Waals surface area contributed by atoms with Gasteiger partial charge in [0.05, 0.1) is 5.36 Å². The van der Waals surface area contributed by atoms with Crippen LogP contribution in [0.5, 0.6) is 5.75 Å². The van der Waals surface area contributed by atoms with Crippen molar-refractivity contribution in [3.63, 3.8) is 0 Å². The first-order valence-corrected chi connectivity index (χ1v) is 3.94. The van der Waals surface area contributed by atoms with E-state index >= 15 is 0 Å². The third-order valence-corrected chi connectivity index (χ3v) is 1.94. The maximum atomic E-state index is 10.9. The first kappa shape index (κ1) is 8.55. The molecule has 0 spiro atoms. The van der Waals surface area contributed by atoms with E-state index in [1.54, 1.807) is 13.0 Å². The van der Waals surface area contributed by atoms with E-state index in [-0.39, 0.29) is 16.5 Å². The third kappa shape index (κ3) is 1.10. The molecule has 2 amide bonds. The molecule has 0 bridgehead atoms. The number of phenols is 1. The molecule has 1 aliphatic heterocycles. The summed E-state index contributed by atoms with van der Waals surface area (Å²) in [5.41, 5.74) is 0.697. The van der Waals surface area contributed by atoms with E-state index in [1.807, 2.05) is 0 Å². The van der Waals surface area contributed by atoms with Crippen LogP contribution in [-0.2, 0) is 9.59 Å². The zero-order chi connectivity index (χ0) is 10.3. The SMILES string of the molecule is Cc1ccc(O)c2c1=NC(=O)C(=O)N=2. The third-order valence-electron chi connectivity index (χ3n) is 1.94. The van der Waals surface area contributed by atoms with Crippen molar-refractivity contribution >= 4 is 11.8 Å². The van der Waals surface area contributed by atoms with Gasteiger partial charge in [0.1, 0.15) is 11.1 Å². The molecule has 70 valence electrons. The number of aryl methyl sites for hydroxylation is 1. The lowest BCUT2D eigenvalue weighted by atomic mass is 10.2. The highest BCUT2D eigenvalue weighted by Gasteiger charge is 2.17. The normalized spacial score (nSPS) is 14.4. The van der Waals surface area contributed by atoms with Gasteiger partial charge in [0.15, 0.2) is 0 Å². The molecule has 1 aromatic rings. The minimum Gasteiger partial charge on any atom is -0.506 e. The number of aromatic hydroxyl groups is 1. The molecule has 5 nitrogen and oxygen atoms in total. The Morgan fingerprint density at radius 2 is 1.64 bits per heavy atom. The first-order chi connectivity index (χ1) is 6.59. The van der Waals surface area contributed by atoms with Crippen molar-refractivity contribution in [1.29, 1.82) is 0 Å². The Balaban J connectivity index is 2.98. The first-order valence-electron chi connectivity index (χ1n) is 3.94.